The molecule has 0 aliphatic carbocycles. The van der Waals surface area contributed by atoms with Crippen LogP contribution < -0.4 is 5.32 Å². The zero-order valence-electron chi connectivity index (χ0n) is 13.1. The zero-order valence-corrected chi connectivity index (χ0v) is 13.9. The number of esters is 1. The van der Waals surface area contributed by atoms with Crippen LogP contribution in [0.25, 0.3) is 0 Å². The molecule has 2 N–H and O–H groups in total. The lowest BCUT2D eigenvalue weighted by Crippen LogP contribution is -2.61. The van der Waals surface area contributed by atoms with Crippen molar-refractivity contribution in [3.8, 4) is 0 Å². The van der Waals surface area contributed by atoms with Gasteiger partial charge in [-0.3, -0.25) is 9.35 Å². The highest BCUT2D eigenvalue weighted by atomic mass is 32.2. The summed E-state index contributed by atoms with van der Waals surface area (Å²) in [5.74, 6) is -8.29. The number of rotatable bonds is 9. The molecule has 1 atom stereocenters. The molecule has 8 nitrogen and oxygen atoms in total. The number of hydrogen-bond donors (Lipinski definition) is 2. The first-order chi connectivity index (χ1) is 11.5. The average molecular weight is 411 g/mol. The van der Waals surface area contributed by atoms with Gasteiger partial charge in [-0.1, -0.05) is 13.2 Å². The summed E-state index contributed by atoms with van der Waals surface area (Å²) in [4.78, 5) is 23.2. The fourth-order valence-electron chi connectivity index (χ4n) is 1.26. The molecule has 0 aliphatic heterocycles. The van der Waals surface area contributed by atoms with Crippen molar-refractivity contribution in [1.29, 1.82) is 0 Å². The first-order valence-electron chi connectivity index (χ1n) is 6.38. The Morgan fingerprint density at radius 2 is 1.73 bits per heavy atom. The van der Waals surface area contributed by atoms with Gasteiger partial charge in [-0.25, -0.2) is 4.79 Å². The number of halogens is 5. The van der Waals surface area contributed by atoms with Crippen molar-refractivity contribution in [1.82, 2.24) is 5.32 Å². The summed E-state index contributed by atoms with van der Waals surface area (Å²) >= 11 is 0. The third-order valence-electron chi connectivity index (χ3n) is 2.57. The van der Waals surface area contributed by atoms with E-state index in [9.17, 15) is 40.0 Å². The van der Waals surface area contributed by atoms with E-state index in [-0.39, 0.29) is 0 Å². The minimum absolute atomic E-state index is 0.466. The molecule has 150 valence electrons. The largest absolute Gasteiger partial charge is 0.466 e. The SMILES string of the molecule is C=CNC(=O)C(OCCC(F)(F)S(=O)(=O)O)(OC(=O)C(=C)C)C(F)(F)F. The van der Waals surface area contributed by atoms with Crippen molar-refractivity contribution in [2.75, 3.05) is 6.61 Å². The molecule has 1 unspecified atom stereocenters. The molecule has 0 aromatic heterocycles. The molecule has 0 rings (SSSR count). The Kier molecular flexibility index (Phi) is 7.45. The van der Waals surface area contributed by atoms with Gasteiger partial charge in [-0.15, -0.1) is 0 Å². The van der Waals surface area contributed by atoms with Crippen LogP contribution in [0.1, 0.15) is 13.3 Å². The monoisotopic (exact) mass is 411 g/mol. The van der Waals surface area contributed by atoms with Gasteiger partial charge in [-0.2, -0.15) is 30.4 Å². The fourth-order valence-corrected chi connectivity index (χ4v) is 1.60. The first kappa shape index (κ1) is 23.9. The maximum Gasteiger partial charge on any atom is 0.466 e. The number of carbonyl (C=O) groups is 2. The molecule has 0 spiro atoms. The molecule has 0 saturated carbocycles. The lowest BCUT2D eigenvalue weighted by Gasteiger charge is -2.33. The van der Waals surface area contributed by atoms with Crippen LogP contribution in [-0.2, 0) is 29.2 Å². The second kappa shape index (κ2) is 8.09. The predicted octanol–water partition coefficient (Wildman–Crippen LogP) is 1.51. The summed E-state index contributed by atoms with van der Waals surface area (Å²) in [6, 6.07) is 0. The van der Waals surface area contributed by atoms with Crippen LogP contribution in [0.3, 0.4) is 0 Å². The number of alkyl halides is 5. The second-order valence-corrected chi connectivity index (χ2v) is 6.22. The Hall–Kier alpha value is -2.06. The van der Waals surface area contributed by atoms with Crippen molar-refractivity contribution in [3.05, 3.63) is 24.9 Å². The summed E-state index contributed by atoms with van der Waals surface area (Å²) in [5.41, 5.74) is -0.586. The molecular formula is C12H14F5NO7S. The van der Waals surface area contributed by atoms with Crippen LogP contribution >= 0.6 is 0 Å². The Balaban J connectivity index is 5.83. The van der Waals surface area contributed by atoms with Gasteiger partial charge < -0.3 is 14.8 Å². The molecule has 0 fully saturated rings. The maximum absolute atomic E-state index is 13.3. The molecule has 14 heteroatoms. The molecule has 0 aromatic carbocycles. The average Bonchev–Trinajstić information content (AvgIpc) is 2.43. The van der Waals surface area contributed by atoms with Gasteiger partial charge in [0, 0.05) is 5.57 Å². The van der Waals surface area contributed by atoms with Crippen LogP contribution in [0.5, 0.6) is 0 Å². The van der Waals surface area contributed by atoms with Gasteiger partial charge >= 0.3 is 39.2 Å². The highest BCUT2D eigenvalue weighted by Crippen LogP contribution is 2.37. The lowest BCUT2D eigenvalue weighted by atomic mass is 10.2. The number of ether oxygens (including phenoxy) is 2. The van der Waals surface area contributed by atoms with Crippen molar-refractivity contribution in [2.24, 2.45) is 0 Å². The quantitative estimate of drug-likeness (QED) is 0.194. The topological polar surface area (TPSA) is 119 Å². The number of hydrogen-bond acceptors (Lipinski definition) is 6. The highest BCUT2D eigenvalue weighted by Gasteiger charge is 2.66. The van der Waals surface area contributed by atoms with Crippen molar-refractivity contribution >= 4 is 22.0 Å². The molecule has 0 radical (unpaired) electrons. The van der Waals surface area contributed by atoms with Crippen LogP contribution in [-0.4, -0.2) is 48.7 Å². The Bertz CT molecular complexity index is 689. The second-order valence-electron chi connectivity index (χ2n) is 4.67. The molecule has 0 saturated heterocycles. The van der Waals surface area contributed by atoms with E-state index in [1.165, 1.54) is 5.32 Å². The van der Waals surface area contributed by atoms with Gasteiger partial charge in [0.25, 0.3) is 0 Å². The van der Waals surface area contributed by atoms with E-state index in [1.54, 1.807) is 0 Å². The maximum atomic E-state index is 13.3. The number of carbonyl (C=O) groups excluding carboxylic acids is 2. The minimum atomic E-state index is -5.96. The molecular weight excluding hydrogens is 397 g/mol. The van der Waals surface area contributed by atoms with E-state index >= 15 is 0 Å². The van der Waals surface area contributed by atoms with Crippen LogP contribution in [0.4, 0.5) is 22.0 Å². The summed E-state index contributed by atoms with van der Waals surface area (Å²) in [6.45, 7) is 5.10. The van der Waals surface area contributed by atoms with E-state index in [0.717, 1.165) is 6.92 Å². The number of nitrogens with one attached hydrogen (secondary N) is 1. The molecule has 1 amide bonds. The zero-order chi connectivity index (χ0) is 21.0. The molecule has 26 heavy (non-hydrogen) atoms. The third kappa shape index (κ3) is 5.47. The van der Waals surface area contributed by atoms with Gasteiger partial charge in [0.05, 0.1) is 13.0 Å². The summed E-state index contributed by atoms with van der Waals surface area (Å²) in [5, 5.41) is -3.44. The van der Waals surface area contributed by atoms with Crippen LogP contribution in [0, 0.1) is 0 Å². The molecule has 0 heterocycles. The third-order valence-corrected chi connectivity index (χ3v) is 3.52. The van der Waals surface area contributed by atoms with Crippen molar-refractivity contribution < 1.29 is 54.0 Å². The summed E-state index contributed by atoms with van der Waals surface area (Å²) in [7, 11) is -5.96. The van der Waals surface area contributed by atoms with Crippen molar-refractivity contribution in [2.45, 2.75) is 30.6 Å². The van der Waals surface area contributed by atoms with E-state index < -0.39 is 57.8 Å². The Labute approximate surface area is 144 Å². The van der Waals surface area contributed by atoms with E-state index in [1.807, 2.05) is 0 Å². The highest BCUT2D eigenvalue weighted by molar-refractivity contribution is 7.86. The summed E-state index contributed by atoms with van der Waals surface area (Å²) in [6.07, 6.45) is -7.28. The molecule has 0 aliphatic rings. The van der Waals surface area contributed by atoms with E-state index in [4.69, 9.17) is 4.55 Å². The van der Waals surface area contributed by atoms with Gasteiger partial charge in [0.15, 0.2) is 0 Å². The van der Waals surface area contributed by atoms with Gasteiger partial charge in [0.1, 0.15) is 0 Å². The normalized spacial score (nSPS) is 14.9. The summed E-state index contributed by atoms with van der Waals surface area (Å²) < 4.78 is 103. The fraction of sp³-hybridized carbons (Fsp3) is 0.500. The minimum Gasteiger partial charge on any atom is -0.412 e. The predicted molar refractivity (Wildman–Crippen MR) is 75.1 cm³/mol. The van der Waals surface area contributed by atoms with Crippen LogP contribution in [0.2, 0.25) is 0 Å². The smallest absolute Gasteiger partial charge is 0.412 e. The lowest BCUT2D eigenvalue weighted by molar-refractivity contribution is -0.347. The Morgan fingerprint density at radius 3 is 2.08 bits per heavy atom. The first-order valence-corrected chi connectivity index (χ1v) is 7.82. The van der Waals surface area contributed by atoms with Gasteiger partial charge in [-0.05, 0) is 13.1 Å². The molecule has 0 aromatic rings. The van der Waals surface area contributed by atoms with E-state index in [2.05, 4.69) is 22.6 Å². The van der Waals surface area contributed by atoms with Crippen molar-refractivity contribution in [3.63, 3.8) is 0 Å². The number of amides is 1. The van der Waals surface area contributed by atoms with E-state index in [0.29, 0.717) is 6.20 Å². The van der Waals surface area contributed by atoms with Crippen LogP contribution in [0.15, 0.2) is 24.9 Å². The molecule has 0 bridgehead atoms. The van der Waals surface area contributed by atoms with Gasteiger partial charge in [0.2, 0.25) is 0 Å². The Morgan fingerprint density at radius 1 is 1.23 bits per heavy atom. The standard InChI is InChI=1S/C12H14F5NO7S/c1-4-18-9(20)11(12(15,16)17,25-8(19)7(2)3)24-6-5-10(13,14)26(21,22)23/h4H,1-2,5-6H2,3H3,(H,18,20)(H,21,22,23).